The number of carboxylic acids is 1. The third-order valence-corrected chi connectivity index (χ3v) is 3.44. The number of nitrogens with zero attached hydrogens (tertiary/aromatic N) is 1. The van der Waals surface area contributed by atoms with Gasteiger partial charge in [0.25, 0.3) is 0 Å². The number of urea groups is 1. The third-order valence-electron chi connectivity index (χ3n) is 3.44. The zero-order chi connectivity index (χ0) is 15.4. The van der Waals surface area contributed by atoms with Crippen LogP contribution in [0.1, 0.15) is 25.3 Å². The van der Waals surface area contributed by atoms with Gasteiger partial charge >= 0.3 is 12.0 Å². The van der Waals surface area contributed by atoms with Crippen LogP contribution in [0.4, 0.5) is 10.5 Å². The van der Waals surface area contributed by atoms with E-state index in [1.165, 1.54) is 4.90 Å². The number of carboxylic acid groups (broad SMARTS) is 1. The predicted octanol–water partition coefficient (Wildman–Crippen LogP) is 1.79. The van der Waals surface area contributed by atoms with Crippen LogP contribution in [0.2, 0.25) is 0 Å². The van der Waals surface area contributed by atoms with Gasteiger partial charge in [0, 0.05) is 25.1 Å². The van der Waals surface area contributed by atoms with Crippen molar-refractivity contribution in [2.45, 2.75) is 26.2 Å². The number of benzene rings is 1. The zero-order valence-corrected chi connectivity index (χ0v) is 11.8. The van der Waals surface area contributed by atoms with Crippen molar-refractivity contribution in [3.63, 3.8) is 0 Å². The Morgan fingerprint density at radius 3 is 2.71 bits per heavy atom. The summed E-state index contributed by atoms with van der Waals surface area (Å²) in [4.78, 5) is 36.0. The fourth-order valence-corrected chi connectivity index (χ4v) is 2.47. The van der Waals surface area contributed by atoms with Crippen molar-refractivity contribution in [2.24, 2.45) is 5.92 Å². The highest BCUT2D eigenvalue weighted by Gasteiger charge is 2.25. The summed E-state index contributed by atoms with van der Waals surface area (Å²) in [7, 11) is 0. The molecule has 0 spiro atoms. The van der Waals surface area contributed by atoms with Crippen LogP contribution in [0, 0.1) is 5.92 Å². The molecule has 1 heterocycles. The van der Waals surface area contributed by atoms with Crippen molar-refractivity contribution in [2.75, 3.05) is 11.4 Å². The summed E-state index contributed by atoms with van der Waals surface area (Å²) >= 11 is 0. The molecule has 6 nitrogen and oxygen atoms in total. The molecule has 2 rings (SSSR count). The second-order valence-corrected chi connectivity index (χ2v) is 5.29. The van der Waals surface area contributed by atoms with Crippen LogP contribution in [0.25, 0.3) is 0 Å². The molecule has 1 aromatic carbocycles. The van der Waals surface area contributed by atoms with Gasteiger partial charge in [-0.25, -0.2) is 4.79 Å². The molecule has 0 aromatic heterocycles. The maximum Gasteiger partial charge on any atom is 0.328 e. The van der Waals surface area contributed by atoms with Gasteiger partial charge in [-0.15, -0.1) is 0 Å². The SMILES string of the molecule is CC(CC(=O)O)CC(=O)NC(=O)N1CCc2ccccc21. The molecule has 0 saturated heterocycles. The van der Waals surface area contributed by atoms with Crippen molar-refractivity contribution in [3.8, 4) is 0 Å². The van der Waals surface area contributed by atoms with Crippen molar-refractivity contribution in [1.82, 2.24) is 5.32 Å². The summed E-state index contributed by atoms with van der Waals surface area (Å²) in [6.07, 6.45) is 0.703. The van der Waals surface area contributed by atoms with Crippen LogP contribution in [0.3, 0.4) is 0 Å². The van der Waals surface area contributed by atoms with Gasteiger partial charge in [-0.1, -0.05) is 25.1 Å². The fourth-order valence-electron chi connectivity index (χ4n) is 2.47. The number of para-hydroxylation sites is 1. The summed E-state index contributed by atoms with van der Waals surface area (Å²) in [6.45, 7) is 2.21. The van der Waals surface area contributed by atoms with E-state index in [2.05, 4.69) is 5.32 Å². The molecule has 3 amide bonds. The van der Waals surface area contributed by atoms with Crippen molar-refractivity contribution >= 4 is 23.6 Å². The minimum absolute atomic E-state index is 0.0214. The lowest BCUT2D eigenvalue weighted by Crippen LogP contribution is -2.42. The number of rotatable bonds is 4. The van der Waals surface area contributed by atoms with E-state index >= 15 is 0 Å². The number of aliphatic carboxylic acids is 1. The second-order valence-electron chi connectivity index (χ2n) is 5.29. The van der Waals surface area contributed by atoms with Gasteiger partial charge in [0.05, 0.1) is 0 Å². The molecule has 1 aliphatic rings. The number of anilines is 1. The largest absolute Gasteiger partial charge is 0.481 e. The molecule has 1 atom stereocenters. The summed E-state index contributed by atoms with van der Waals surface area (Å²) in [5.74, 6) is -1.70. The Hall–Kier alpha value is -2.37. The highest BCUT2D eigenvalue weighted by Crippen LogP contribution is 2.27. The number of amides is 3. The normalized spacial score (nSPS) is 14.4. The Labute approximate surface area is 122 Å². The number of carbonyl (C=O) groups is 3. The van der Waals surface area contributed by atoms with Gasteiger partial charge in [0.1, 0.15) is 0 Å². The molecule has 1 unspecified atom stereocenters. The number of imide groups is 1. The number of hydrogen-bond acceptors (Lipinski definition) is 3. The highest BCUT2D eigenvalue weighted by atomic mass is 16.4. The average molecular weight is 290 g/mol. The summed E-state index contributed by atoms with van der Waals surface area (Å²) < 4.78 is 0. The lowest BCUT2D eigenvalue weighted by Gasteiger charge is -2.18. The van der Waals surface area contributed by atoms with Crippen molar-refractivity contribution < 1.29 is 19.5 Å². The van der Waals surface area contributed by atoms with Crippen LogP contribution in [-0.2, 0) is 16.0 Å². The van der Waals surface area contributed by atoms with Crippen LogP contribution < -0.4 is 10.2 Å². The smallest absolute Gasteiger partial charge is 0.328 e. The molecule has 0 aliphatic carbocycles. The Morgan fingerprint density at radius 1 is 1.29 bits per heavy atom. The molecule has 0 radical (unpaired) electrons. The predicted molar refractivity (Wildman–Crippen MR) is 77.1 cm³/mol. The van der Waals surface area contributed by atoms with Gasteiger partial charge in [-0.05, 0) is 24.0 Å². The topological polar surface area (TPSA) is 86.7 Å². The second kappa shape index (κ2) is 6.39. The summed E-state index contributed by atoms with van der Waals surface area (Å²) in [5, 5.41) is 11.0. The van der Waals surface area contributed by atoms with E-state index in [-0.39, 0.29) is 18.8 Å². The van der Waals surface area contributed by atoms with Gasteiger partial charge in [0.2, 0.25) is 5.91 Å². The van der Waals surface area contributed by atoms with E-state index in [0.29, 0.717) is 6.54 Å². The fraction of sp³-hybridized carbons (Fsp3) is 0.400. The van der Waals surface area contributed by atoms with E-state index in [4.69, 9.17) is 5.11 Å². The minimum atomic E-state index is -0.949. The Bertz CT molecular complexity index is 571. The van der Waals surface area contributed by atoms with E-state index < -0.39 is 17.9 Å². The van der Waals surface area contributed by atoms with Gasteiger partial charge in [0.15, 0.2) is 0 Å². The highest BCUT2D eigenvalue weighted by molar-refractivity contribution is 6.03. The monoisotopic (exact) mass is 290 g/mol. The van der Waals surface area contributed by atoms with E-state index in [1.807, 2.05) is 24.3 Å². The lowest BCUT2D eigenvalue weighted by molar-refractivity contribution is -0.138. The Balaban J connectivity index is 1.91. The first-order chi connectivity index (χ1) is 9.97. The molecule has 0 saturated carbocycles. The van der Waals surface area contributed by atoms with Crippen LogP contribution in [0.5, 0.6) is 0 Å². The van der Waals surface area contributed by atoms with Crippen LogP contribution >= 0.6 is 0 Å². The van der Waals surface area contributed by atoms with Crippen molar-refractivity contribution in [3.05, 3.63) is 29.8 Å². The molecular formula is C15H18N2O4. The number of hydrogen-bond donors (Lipinski definition) is 2. The van der Waals surface area contributed by atoms with Crippen molar-refractivity contribution in [1.29, 1.82) is 0 Å². The standard InChI is InChI=1S/C15H18N2O4/c1-10(9-14(19)20)8-13(18)16-15(21)17-7-6-11-4-2-3-5-12(11)17/h2-5,10H,6-9H2,1H3,(H,19,20)(H,16,18,21). The average Bonchev–Trinajstić information content (AvgIpc) is 2.80. The Kier molecular flexibility index (Phi) is 4.57. The quantitative estimate of drug-likeness (QED) is 0.885. The van der Waals surface area contributed by atoms with Crippen LogP contribution in [-0.4, -0.2) is 29.6 Å². The van der Waals surface area contributed by atoms with Crippen LogP contribution in [0.15, 0.2) is 24.3 Å². The molecular weight excluding hydrogens is 272 g/mol. The molecule has 2 N–H and O–H groups in total. The lowest BCUT2D eigenvalue weighted by atomic mass is 10.0. The van der Waals surface area contributed by atoms with Gasteiger partial charge in [-0.3, -0.25) is 19.8 Å². The molecule has 1 aliphatic heterocycles. The number of carbonyl (C=O) groups excluding carboxylic acids is 2. The zero-order valence-electron chi connectivity index (χ0n) is 11.8. The van der Waals surface area contributed by atoms with Gasteiger partial charge in [-0.2, -0.15) is 0 Å². The molecule has 21 heavy (non-hydrogen) atoms. The summed E-state index contributed by atoms with van der Waals surface area (Å²) in [6, 6.07) is 7.12. The van der Waals surface area contributed by atoms with E-state index in [1.54, 1.807) is 6.92 Å². The Morgan fingerprint density at radius 2 is 2.00 bits per heavy atom. The minimum Gasteiger partial charge on any atom is -0.481 e. The first kappa shape index (κ1) is 15.0. The first-order valence-corrected chi connectivity index (χ1v) is 6.88. The molecule has 0 bridgehead atoms. The number of fused-ring (bicyclic) bond motifs is 1. The third kappa shape index (κ3) is 3.81. The van der Waals surface area contributed by atoms with E-state index in [0.717, 1.165) is 17.7 Å². The maximum absolute atomic E-state index is 12.1. The van der Waals surface area contributed by atoms with Gasteiger partial charge < -0.3 is 5.11 Å². The molecule has 1 aromatic rings. The summed E-state index contributed by atoms with van der Waals surface area (Å²) in [5.41, 5.74) is 1.90. The molecule has 112 valence electrons. The molecule has 6 heteroatoms. The maximum atomic E-state index is 12.1. The first-order valence-electron chi connectivity index (χ1n) is 6.88. The number of nitrogens with one attached hydrogen (secondary N) is 1. The van der Waals surface area contributed by atoms with E-state index in [9.17, 15) is 14.4 Å². The molecule has 0 fully saturated rings.